The van der Waals surface area contributed by atoms with Gasteiger partial charge in [0, 0.05) is 59.1 Å². The first-order chi connectivity index (χ1) is 13.6. The number of carbonyl (C=O) groups excluding carboxylic acids is 1. The summed E-state index contributed by atoms with van der Waals surface area (Å²) in [5.74, 6) is 0.626. The van der Waals surface area contributed by atoms with Crippen LogP contribution in [-0.2, 0) is 27.4 Å². The van der Waals surface area contributed by atoms with Crippen LogP contribution in [0.5, 0.6) is 0 Å². The lowest BCUT2D eigenvalue weighted by Gasteiger charge is -2.37. The lowest BCUT2D eigenvalue weighted by molar-refractivity contribution is -0.142. The van der Waals surface area contributed by atoms with Crippen LogP contribution < -0.4 is 5.32 Å². The van der Waals surface area contributed by atoms with E-state index >= 15 is 0 Å². The zero-order valence-corrected chi connectivity index (χ0v) is 16.6. The van der Waals surface area contributed by atoms with Crippen molar-refractivity contribution in [2.24, 2.45) is 4.99 Å². The molecule has 1 amide bonds. The second-order valence-corrected chi connectivity index (χ2v) is 7.07. The van der Waals surface area contributed by atoms with Crippen molar-refractivity contribution in [1.82, 2.24) is 15.1 Å². The number of hydrogen-bond acceptors (Lipinski definition) is 4. The van der Waals surface area contributed by atoms with Crippen molar-refractivity contribution in [2.75, 3.05) is 46.9 Å². The van der Waals surface area contributed by atoms with E-state index in [2.05, 4.69) is 15.2 Å². The van der Waals surface area contributed by atoms with Crippen molar-refractivity contribution < 1.29 is 18.7 Å². The Balaban J connectivity index is 1.51. The molecular formula is C20H29FN4O3. The molecule has 1 aromatic carbocycles. The van der Waals surface area contributed by atoms with Crippen molar-refractivity contribution >= 4 is 11.9 Å². The Morgan fingerprint density at radius 2 is 2.07 bits per heavy atom. The lowest BCUT2D eigenvalue weighted by atomic mass is 10.1. The van der Waals surface area contributed by atoms with Crippen LogP contribution in [-0.4, -0.2) is 74.7 Å². The molecule has 2 aliphatic heterocycles. The third kappa shape index (κ3) is 4.99. The smallest absolute Gasteiger partial charge is 0.251 e. The molecule has 3 rings (SSSR count). The molecule has 0 aliphatic carbocycles. The van der Waals surface area contributed by atoms with Crippen LogP contribution in [0.4, 0.5) is 4.39 Å². The molecule has 154 valence electrons. The number of nitrogens with zero attached hydrogens (tertiary/aromatic N) is 3. The van der Waals surface area contributed by atoms with Crippen molar-refractivity contribution in [3.05, 3.63) is 35.1 Å². The van der Waals surface area contributed by atoms with Gasteiger partial charge in [0.15, 0.2) is 5.96 Å². The summed E-state index contributed by atoms with van der Waals surface area (Å²) >= 11 is 0. The van der Waals surface area contributed by atoms with E-state index in [0.29, 0.717) is 31.8 Å². The monoisotopic (exact) mass is 392 g/mol. The molecule has 0 bridgehead atoms. The average Bonchev–Trinajstić information content (AvgIpc) is 3.26. The van der Waals surface area contributed by atoms with Gasteiger partial charge in [-0.2, -0.15) is 0 Å². The number of guanidine groups is 1. The fourth-order valence-corrected chi connectivity index (χ4v) is 3.63. The topological polar surface area (TPSA) is 66.4 Å². The molecule has 8 heteroatoms. The third-order valence-corrected chi connectivity index (χ3v) is 5.17. The molecule has 1 N–H and O–H groups in total. The van der Waals surface area contributed by atoms with E-state index in [-0.39, 0.29) is 24.4 Å². The van der Waals surface area contributed by atoms with Gasteiger partial charge in [0.25, 0.3) is 5.91 Å². The van der Waals surface area contributed by atoms with Gasteiger partial charge in [-0.3, -0.25) is 9.79 Å². The second-order valence-electron chi connectivity index (χ2n) is 7.07. The zero-order chi connectivity index (χ0) is 19.9. The molecule has 0 saturated carbocycles. The molecule has 2 heterocycles. The van der Waals surface area contributed by atoms with Gasteiger partial charge in [0.2, 0.25) is 0 Å². The molecule has 1 atom stereocenters. The van der Waals surface area contributed by atoms with Crippen LogP contribution >= 0.6 is 0 Å². The van der Waals surface area contributed by atoms with E-state index in [1.807, 2.05) is 4.90 Å². The standard InChI is InChI=1S/C20H29FN4O3/c1-22-20(23-13-15-5-6-17(21)16(12-15)14-27-2)25-9-7-24(8-10-25)19(26)18-4-3-11-28-18/h5-6,12,18H,3-4,7-11,13-14H2,1-2H3,(H,22,23). The predicted molar refractivity (Wildman–Crippen MR) is 104 cm³/mol. The third-order valence-electron chi connectivity index (χ3n) is 5.17. The number of carbonyl (C=O) groups is 1. The van der Waals surface area contributed by atoms with Gasteiger partial charge in [-0.1, -0.05) is 6.07 Å². The molecule has 0 radical (unpaired) electrons. The van der Waals surface area contributed by atoms with E-state index in [0.717, 1.165) is 37.5 Å². The number of hydrogen-bond donors (Lipinski definition) is 1. The average molecular weight is 392 g/mol. The van der Waals surface area contributed by atoms with Gasteiger partial charge in [-0.05, 0) is 30.5 Å². The summed E-state index contributed by atoms with van der Waals surface area (Å²) in [5, 5.41) is 3.33. The van der Waals surface area contributed by atoms with Crippen molar-refractivity contribution in [3.63, 3.8) is 0 Å². The molecule has 2 fully saturated rings. The Bertz CT molecular complexity index is 699. The van der Waals surface area contributed by atoms with E-state index in [1.165, 1.54) is 6.07 Å². The van der Waals surface area contributed by atoms with Gasteiger partial charge in [-0.15, -0.1) is 0 Å². The molecule has 1 unspecified atom stereocenters. The Hall–Kier alpha value is -2.19. The zero-order valence-electron chi connectivity index (χ0n) is 16.6. The number of methoxy groups -OCH3 is 1. The minimum absolute atomic E-state index is 0.108. The SMILES string of the molecule is CN=C(NCc1ccc(F)c(COC)c1)N1CCN(C(=O)C2CCCO2)CC1. The largest absolute Gasteiger partial charge is 0.380 e. The van der Waals surface area contributed by atoms with E-state index in [1.54, 1.807) is 26.3 Å². The first-order valence-corrected chi connectivity index (χ1v) is 9.74. The van der Waals surface area contributed by atoms with Crippen LogP contribution in [0, 0.1) is 5.82 Å². The fourth-order valence-electron chi connectivity index (χ4n) is 3.63. The summed E-state index contributed by atoms with van der Waals surface area (Å²) in [7, 11) is 3.29. The van der Waals surface area contributed by atoms with Gasteiger partial charge in [-0.25, -0.2) is 4.39 Å². The van der Waals surface area contributed by atoms with Crippen molar-refractivity contribution in [1.29, 1.82) is 0 Å². The number of halogens is 1. The molecule has 2 saturated heterocycles. The highest BCUT2D eigenvalue weighted by atomic mass is 19.1. The number of piperazine rings is 1. The highest BCUT2D eigenvalue weighted by Gasteiger charge is 2.30. The summed E-state index contributed by atoms with van der Waals surface area (Å²) in [6, 6.07) is 5.02. The molecule has 1 aromatic rings. The normalized spacial score (nSPS) is 20.5. The Kier molecular flexibility index (Phi) is 7.22. The minimum atomic E-state index is -0.262. The highest BCUT2D eigenvalue weighted by Crippen LogP contribution is 2.16. The highest BCUT2D eigenvalue weighted by molar-refractivity contribution is 5.82. The molecule has 2 aliphatic rings. The molecule has 7 nitrogen and oxygen atoms in total. The number of amides is 1. The lowest BCUT2D eigenvalue weighted by Crippen LogP contribution is -2.55. The van der Waals surface area contributed by atoms with Crippen LogP contribution in [0.3, 0.4) is 0 Å². The summed E-state index contributed by atoms with van der Waals surface area (Å²) in [5.41, 5.74) is 1.50. The number of nitrogens with one attached hydrogen (secondary N) is 1. The van der Waals surface area contributed by atoms with E-state index < -0.39 is 0 Å². The van der Waals surface area contributed by atoms with Gasteiger partial charge < -0.3 is 24.6 Å². The van der Waals surface area contributed by atoms with Gasteiger partial charge in [0.1, 0.15) is 11.9 Å². The number of benzene rings is 1. The summed E-state index contributed by atoms with van der Waals surface area (Å²) in [6.45, 7) is 4.23. The summed E-state index contributed by atoms with van der Waals surface area (Å²) in [6.07, 6.45) is 1.52. The maximum absolute atomic E-state index is 13.8. The summed E-state index contributed by atoms with van der Waals surface area (Å²) < 4.78 is 24.3. The first kappa shape index (κ1) is 20.5. The summed E-state index contributed by atoms with van der Waals surface area (Å²) in [4.78, 5) is 20.8. The Morgan fingerprint density at radius 3 is 2.71 bits per heavy atom. The molecule has 0 aromatic heterocycles. The van der Waals surface area contributed by atoms with Crippen LogP contribution in [0.25, 0.3) is 0 Å². The molecule has 0 spiro atoms. The number of ether oxygens (including phenoxy) is 2. The number of aliphatic imine (C=N–C) groups is 1. The molecular weight excluding hydrogens is 363 g/mol. The Labute approximate surface area is 165 Å². The fraction of sp³-hybridized carbons (Fsp3) is 0.600. The predicted octanol–water partition coefficient (Wildman–Crippen LogP) is 1.37. The van der Waals surface area contributed by atoms with Gasteiger partial charge >= 0.3 is 0 Å². The molecule has 28 heavy (non-hydrogen) atoms. The maximum atomic E-state index is 13.8. The van der Waals surface area contributed by atoms with Crippen LogP contribution in [0.1, 0.15) is 24.0 Å². The minimum Gasteiger partial charge on any atom is -0.380 e. The van der Waals surface area contributed by atoms with E-state index in [9.17, 15) is 9.18 Å². The second kappa shape index (κ2) is 9.84. The van der Waals surface area contributed by atoms with Crippen LogP contribution in [0.15, 0.2) is 23.2 Å². The van der Waals surface area contributed by atoms with Gasteiger partial charge in [0.05, 0.1) is 6.61 Å². The maximum Gasteiger partial charge on any atom is 0.251 e. The first-order valence-electron chi connectivity index (χ1n) is 9.74. The van der Waals surface area contributed by atoms with Crippen molar-refractivity contribution in [3.8, 4) is 0 Å². The quantitative estimate of drug-likeness (QED) is 0.606. The van der Waals surface area contributed by atoms with Crippen LogP contribution in [0.2, 0.25) is 0 Å². The Morgan fingerprint density at radius 1 is 1.32 bits per heavy atom. The van der Waals surface area contributed by atoms with E-state index in [4.69, 9.17) is 9.47 Å². The van der Waals surface area contributed by atoms with Crippen molar-refractivity contribution in [2.45, 2.75) is 32.1 Å². The number of rotatable bonds is 5.